The van der Waals surface area contributed by atoms with Gasteiger partial charge in [-0.25, -0.2) is 4.98 Å². The minimum absolute atomic E-state index is 0.224. The second kappa shape index (κ2) is 5.27. The SMILES string of the molecule is O=C(Nc1ccc2ncccc2c1)c1ccnc(Cl)c1. The molecule has 4 nitrogen and oxygen atoms in total. The van der Waals surface area contributed by atoms with Crippen molar-refractivity contribution in [1.82, 2.24) is 9.97 Å². The highest BCUT2D eigenvalue weighted by atomic mass is 35.5. The average Bonchev–Trinajstić information content (AvgIpc) is 2.47. The molecule has 0 aliphatic carbocycles. The Bertz CT molecular complexity index is 789. The molecule has 3 rings (SSSR count). The standard InChI is InChI=1S/C15H10ClN3O/c16-14-9-11(5-7-18-14)15(20)19-12-3-4-13-10(8-12)2-1-6-17-13/h1-9H,(H,19,20). The molecule has 0 aliphatic rings. The number of nitrogens with zero attached hydrogens (tertiary/aromatic N) is 2. The highest BCUT2D eigenvalue weighted by molar-refractivity contribution is 6.29. The number of carbonyl (C=O) groups excluding carboxylic acids is 1. The first-order valence-electron chi connectivity index (χ1n) is 6.00. The van der Waals surface area contributed by atoms with Gasteiger partial charge in [0.05, 0.1) is 5.52 Å². The molecule has 0 unspecified atom stereocenters. The maximum Gasteiger partial charge on any atom is 0.255 e. The van der Waals surface area contributed by atoms with Crippen LogP contribution in [0.5, 0.6) is 0 Å². The molecule has 0 aliphatic heterocycles. The quantitative estimate of drug-likeness (QED) is 0.732. The first kappa shape index (κ1) is 12.6. The fourth-order valence-corrected chi connectivity index (χ4v) is 2.07. The maximum atomic E-state index is 12.1. The van der Waals surface area contributed by atoms with E-state index in [0.29, 0.717) is 16.4 Å². The zero-order valence-corrected chi connectivity index (χ0v) is 11.1. The van der Waals surface area contributed by atoms with Crippen LogP contribution < -0.4 is 5.32 Å². The lowest BCUT2D eigenvalue weighted by molar-refractivity contribution is 0.102. The molecule has 0 spiro atoms. The summed E-state index contributed by atoms with van der Waals surface area (Å²) in [4.78, 5) is 20.2. The van der Waals surface area contributed by atoms with Crippen molar-refractivity contribution in [1.29, 1.82) is 0 Å². The topological polar surface area (TPSA) is 54.9 Å². The number of hydrogen-bond donors (Lipinski definition) is 1. The lowest BCUT2D eigenvalue weighted by atomic mass is 10.2. The van der Waals surface area contributed by atoms with E-state index in [1.54, 1.807) is 12.3 Å². The van der Waals surface area contributed by atoms with Crippen LogP contribution in [0.4, 0.5) is 5.69 Å². The molecule has 1 aromatic carbocycles. The fourth-order valence-electron chi connectivity index (χ4n) is 1.90. The molecular weight excluding hydrogens is 274 g/mol. The number of carbonyl (C=O) groups is 1. The number of hydrogen-bond acceptors (Lipinski definition) is 3. The minimum atomic E-state index is -0.224. The Balaban J connectivity index is 1.87. The van der Waals surface area contributed by atoms with Crippen molar-refractivity contribution in [2.45, 2.75) is 0 Å². The van der Waals surface area contributed by atoms with Crippen molar-refractivity contribution in [3.8, 4) is 0 Å². The van der Waals surface area contributed by atoms with Gasteiger partial charge in [0.15, 0.2) is 0 Å². The summed E-state index contributed by atoms with van der Waals surface area (Å²) in [5.41, 5.74) is 2.07. The van der Waals surface area contributed by atoms with Crippen LogP contribution in [0.25, 0.3) is 10.9 Å². The zero-order chi connectivity index (χ0) is 13.9. The van der Waals surface area contributed by atoms with E-state index >= 15 is 0 Å². The number of amides is 1. The van der Waals surface area contributed by atoms with Crippen molar-refractivity contribution in [2.24, 2.45) is 0 Å². The van der Waals surface area contributed by atoms with Crippen molar-refractivity contribution in [3.63, 3.8) is 0 Å². The van der Waals surface area contributed by atoms with Gasteiger partial charge in [-0.05, 0) is 36.4 Å². The molecule has 0 bridgehead atoms. The average molecular weight is 284 g/mol. The predicted molar refractivity (Wildman–Crippen MR) is 78.9 cm³/mol. The van der Waals surface area contributed by atoms with Crippen LogP contribution in [0.2, 0.25) is 5.15 Å². The Hall–Kier alpha value is -2.46. The van der Waals surface area contributed by atoms with Gasteiger partial charge < -0.3 is 5.32 Å². The van der Waals surface area contributed by atoms with Crippen molar-refractivity contribution in [2.75, 3.05) is 5.32 Å². The lowest BCUT2D eigenvalue weighted by Gasteiger charge is -2.06. The third kappa shape index (κ3) is 2.60. The van der Waals surface area contributed by atoms with Crippen LogP contribution in [-0.2, 0) is 0 Å². The smallest absolute Gasteiger partial charge is 0.255 e. The van der Waals surface area contributed by atoms with E-state index in [-0.39, 0.29) is 5.91 Å². The third-order valence-electron chi connectivity index (χ3n) is 2.85. The highest BCUT2D eigenvalue weighted by Gasteiger charge is 2.07. The molecule has 0 saturated heterocycles. The number of halogens is 1. The summed E-state index contributed by atoms with van der Waals surface area (Å²) in [5, 5.41) is 4.09. The molecule has 1 amide bonds. The number of fused-ring (bicyclic) bond motifs is 1. The summed E-state index contributed by atoms with van der Waals surface area (Å²) >= 11 is 5.77. The molecular formula is C15H10ClN3O. The number of nitrogens with one attached hydrogen (secondary N) is 1. The number of aromatic nitrogens is 2. The Kier molecular flexibility index (Phi) is 3.31. The van der Waals surface area contributed by atoms with Crippen LogP contribution in [0, 0.1) is 0 Å². The van der Waals surface area contributed by atoms with Crippen molar-refractivity contribution < 1.29 is 4.79 Å². The van der Waals surface area contributed by atoms with E-state index in [2.05, 4.69) is 15.3 Å². The Labute approximate surface area is 120 Å². The van der Waals surface area contributed by atoms with Crippen LogP contribution in [0.15, 0.2) is 54.9 Å². The first-order chi connectivity index (χ1) is 9.72. The number of anilines is 1. The summed E-state index contributed by atoms with van der Waals surface area (Å²) in [6.07, 6.45) is 3.24. The Morgan fingerprint density at radius 1 is 1.05 bits per heavy atom. The molecule has 0 saturated carbocycles. The number of rotatable bonds is 2. The summed E-state index contributed by atoms with van der Waals surface area (Å²) in [6, 6.07) is 12.5. The molecule has 0 radical (unpaired) electrons. The van der Waals surface area contributed by atoms with Gasteiger partial charge in [-0.3, -0.25) is 9.78 Å². The molecule has 20 heavy (non-hydrogen) atoms. The maximum absolute atomic E-state index is 12.1. The molecule has 2 aromatic heterocycles. The number of benzene rings is 1. The minimum Gasteiger partial charge on any atom is -0.322 e. The normalized spacial score (nSPS) is 10.4. The molecule has 5 heteroatoms. The van der Waals surface area contributed by atoms with Crippen molar-refractivity contribution in [3.05, 3.63) is 65.6 Å². The van der Waals surface area contributed by atoms with Gasteiger partial charge in [0.25, 0.3) is 5.91 Å². The molecule has 0 fully saturated rings. The summed E-state index contributed by atoms with van der Waals surface area (Å²) < 4.78 is 0. The zero-order valence-electron chi connectivity index (χ0n) is 10.4. The summed E-state index contributed by atoms with van der Waals surface area (Å²) in [5.74, 6) is -0.224. The summed E-state index contributed by atoms with van der Waals surface area (Å²) in [6.45, 7) is 0. The fraction of sp³-hybridized carbons (Fsp3) is 0. The van der Waals surface area contributed by atoms with E-state index in [4.69, 9.17) is 11.6 Å². The van der Waals surface area contributed by atoms with E-state index in [0.717, 1.165) is 10.9 Å². The molecule has 98 valence electrons. The Morgan fingerprint density at radius 3 is 2.80 bits per heavy atom. The van der Waals surface area contributed by atoms with Gasteiger partial charge in [-0.1, -0.05) is 17.7 Å². The van der Waals surface area contributed by atoms with Gasteiger partial charge in [0.2, 0.25) is 0 Å². The Morgan fingerprint density at radius 2 is 1.95 bits per heavy atom. The van der Waals surface area contributed by atoms with Gasteiger partial charge in [0.1, 0.15) is 5.15 Å². The first-order valence-corrected chi connectivity index (χ1v) is 6.38. The lowest BCUT2D eigenvalue weighted by Crippen LogP contribution is -2.11. The van der Waals surface area contributed by atoms with E-state index in [1.165, 1.54) is 12.3 Å². The molecule has 2 heterocycles. The van der Waals surface area contributed by atoms with Gasteiger partial charge in [0, 0.05) is 29.0 Å². The third-order valence-corrected chi connectivity index (χ3v) is 3.06. The highest BCUT2D eigenvalue weighted by Crippen LogP contribution is 2.18. The summed E-state index contributed by atoms with van der Waals surface area (Å²) in [7, 11) is 0. The number of pyridine rings is 2. The van der Waals surface area contributed by atoms with E-state index in [1.807, 2.05) is 30.3 Å². The van der Waals surface area contributed by atoms with Gasteiger partial charge in [-0.2, -0.15) is 0 Å². The van der Waals surface area contributed by atoms with Crippen LogP contribution in [0.3, 0.4) is 0 Å². The largest absolute Gasteiger partial charge is 0.322 e. The molecule has 0 atom stereocenters. The van der Waals surface area contributed by atoms with Crippen LogP contribution in [-0.4, -0.2) is 15.9 Å². The second-order valence-electron chi connectivity index (χ2n) is 4.23. The van der Waals surface area contributed by atoms with Crippen molar-refractivity contribution >= 4 is 34.1 Å². The molecule has 3 aromatic rings. The van der Waals surface area contributed by atoms with Crippen LogP contribution in [0.1, 0.15) is 10.4 Å². The van der Waals surface area contributed by atoms with E-state index < -0.39 is 0 Å². The van der Waals surface area contributed by atoms with Gasteiger partial charge in [-0.15, -0.1) is 0 Å². The van der Waals surface area contributed by atoms with Crippen LogP contribution >= 0.6 is 11.6 Å². The molecule has 1 N–H and O–H groups in total. The predicted octanol–water partition coefficient (Wildman–Crippen LogP) is 3.54. The van der Waals surface area contributed by atoms with Gasteiger partial charge >= 0.3 is 0 Å². The monoisotopic (exact) mass is 283 g/mol. The van der Waals surface area contributed by atoms with E-state index in [9.17, 15) is 4.79 Å². The second-order valence-corrected chi connectivity index (χ2v) is 4.62.